The summed E-state index contributed by atoms with van der Waals surface area (Å²) in [5.41, 5.74) is 2.94. The van der Waals surface area contributed by atoms with Crippen molar-refractivity contribution in [1.82, 2.24) is 9.62 Å². The number of piperidine rings is 1. The van der Waals surface area contributed by atoms with Gasteiger partial charge in [0.25, 0.3) is 0 Å². The smallest absolute Gasteiger partial charge is 0.307 e. The second-order valence-electron chi connectivity index (χ2n) is 10.4. The van der Waals surface area contributed by atoms with E-state index in [1.165, 1.54) is 32.7 Å². The molecule has 1 aliphatic carbocycles. The van der Waals surface area contributed by atoms with Crippen molar-refractivity contribution in [3.8, 4) is 11.1 Å². The average Bonchev–Trinajstić information content (AvgIpc) is 3.49. The van der Waals surface area contributed by atoms with Gasteiger partial charge in [0, 0.05) is 46.6 Å². The van der Waals surface area contributed by atoms with Crippen molar-refractivity contribution < 1.29 is 13.2 Å². The van der Waals surface area contributed by atoms with Crippen molar-refractivity contribution in [2.24, 2.45) is 0 Å². The molecule has 0 bridgehead atoms. The molecule has 3 aromatic carbocycles. The normalized spacial score (nSPS) is 17.2. The van der Waals surface area contributed by atoms with E-state index in [9.17, 15) is 13.2 Å². The summed E-state index contributed by atoms with van der Waals surface area (Å²) in [4.78, 5) is 18.4. The first-order valence-electron chi connectivity index (χ1n) is 13.7. The molecule has 1 heterocycles. The van der Waals surface area contributed by atoms with Crippen molar-refractivity contribution in [3.63, 3.8) is 0 Å². The molecule has 0 aromatic heterocycles. The van der Waals surface area contributed by atoms with Crippen molar-refractivity contribution in [2.45, 2.75) is 55.5 Å². The van der Waals surface area contributed by atoms with Crippen molar-refractivity contribution in [2.75, 3.05) is 30.4 Å². The number of rotatable bonds is 7. The monoisotopic (exact) mass is 600 g/mol. The van der Waals surface area contributed by atoms with Gasteiger partial charge >= 0.3 is 6.03 Å². The summed E-state index contributed by atoms with van der Waals surface area (Å²) in [5.74, 6) is 0. The highest BCUT2D eigenvalue weighted by molar-refractivity contribution is 7.89. The van der Waals surface area contributed by atoms with E-state index >= 15 is 0 Å². The summed E-state index contributed by atoms with van der Waals surface area (Å²) in [6, 6.07) is 19.9. The van der Waals surface area contributed by atoms with Gasteiger partial charge in [0.2, 0.25) is 10.0 Å². The van der Waals surface area contributed by atoms with Crippen LogP contribution in [0.4, 0.5) is 16.2 Å². The molecule has 1 aliphatic heterocycles. The lowest BCUT2D eigenvalue weighted by Gasteiger charge is -2.40. The number of carbonyl (C=O) groups is 1. The van der Waals surface area contributed by atoms with E-state index in [4.69, 9.17) is 23.2 Å². The Morgan fingerprint density at radius 1 is 0.875 bits per heavy atom. The van der Waals surface area contributed by atoms with Gasteiger partial charge in [-0.3, -0.25) is 4.90 Å². The summed E-state index contributed by atoms with van der Waals surface area (Å²) < 4.78 is 26.9. The molecule has 1 saturated heterocycles. The molecule has 2 aliphatic rings. The number of halogens is 2. The predicted octanol–water partition coefficient (Wildman–Crippen LogP) is 7.01. The van der Waals surface area contributed by atoms with Gasteiger partial charge in [0.1, 0.15) is 0 Å². The molecule has 40 heavy (non-hydrogen) atoms. The highest BCUT2D eigenvalue weighted by Gasteiger charge is 2.32. The second kappa shape index (κ2) is 12.5. The minimum Gasteiger partial charge on any atom is -0.307 e. The first kappa shape index (κ1) is 28.9. The number of benzene rings is 3. The lowest BCUT2D eigenvalue weighted by molar-refractivity contribution is 0.153. The summed E-state index contributed by atoms with van der Waals surface area (Å²) in [7, 11) is -2.16. The van der Waals surface area contributed by atoms with Crippen molar-refractivity contribution >= 4 is 50.6 Å². The van der Waals surface area contributed by atoms with Crippen molar-refractivity contribution in [1.29, 1.82) is 0 Å². The number of amides is 2. The zero-order chi connectivity index (χ0) is 28.3. The largest absolute Gasteiger partial charge is 0.326 e. The second-order valence-corrected chi connectivity index (χ2v) is 13.2. The van der Waals surface area contributed by atoms with Crippen LogP contribution in [0.5, 0.6) is 0 Å². The van der Waals surface area contributed by atoms with Crippen LogP contribution in [-0.2, 0) is 10.0 Å². The van der Waals surface area contributed by atoms with Crippen LogP contribution in [0.25, 0.3) is 11.1 Å². The Morgan fingerprint density at radius 2 is 1.52 bits per heavy atom. The molecule has 0 unspecified atom stereocenters. The topological polar surface area (TPSA) is 81.8 Å². The van der Waals surface area contributed by atoms with Crippen LogP contribution < -0.4 is 14.9 Å². The van der Waals surface area contributed by atoms with E-state index in [2.05, 4.69) is 14.9 Å². The molecule has 2 amide bonds. The lowest BCUT2D eigenvalue weighted by Crippen LogP contribution is -2.50. The molecule has 2 fully saturated rings. The highest BCUT2D eigenvalue weighted by Crippen LogP contribution is 2.32. The standard InChI is InChI=1S/C30H34Cl2N4O3S/c1-33-40(38,39)29-8-4-5-22(17-29)21-9-11-27(12-10-21)36(30(37)34-25-19-23(31)18-24(32)20-25)28-13-15-35(16-14-28)26-6-2-3-7-26/h4-5,8-12,17-20,26,28,33H,2-3,6-7,13-16H2,1H3,(H,34,37). The number of nitrogens with zero attached hydrogens (tertiary/aromatic N) is 2. The van der Waals surface area contributed by atoms with Gasteiger partial charge in [-0.2, -0.15) is 0 Å². The number of likely N-dealkylation sites (tertiary alicyclic amines) is 1. The van der Waals surface area contributed by atoms with Crippen LogP contribution in [0.1, 0.15) is 38.5 Å². The van der Waals surface area contributed by atoms with E-state index in [1.54, 1.807) is 36.4 Å². The van der Waals surface area contributed by atoms with E-state index in [0.29, 0.717) is 21.8 Å². The zero-order valence-corrected chi connectivity index (χ0v) is 24.8. The molecule has 3 aromatic rings. The molecule has 0 radical (unpaired) electrons. The summed E-state index contributed by atoms with van der Waals surface area (Å²) in [5, 5.41) is 3.89. The maximum Gasteiger partial charge on any atom is 0.326 e. The summed E-state index contributed by atoms with van der Waals surface area (Å²) in [6.07, 6.45) is 6.90. The van der Waals surface area contributed by atoms with Crippen LogP contribution >= 0.6 is 23.2 Å². The first-order valence-corrected chi connectivity index (χ1v) is 15.9. The minimum atomic E-state index is -3.56. The fraction of sp³-hybridized carbons (Fsp3) is 0.367. The molecular formula is C30H34Cl2N4O3S. The molecule has 5 rings (SSSR count). The Labute approximate surface area is 246 Å². The molecule has 10 heteroatoms. The Hall–Kier alpha value is -2.62. The van der Waals surface area contributed by atoms with Gasteiger partial charge in [-0.1, -0.05) is 60.3 Å². The maximum absolute atomic E-state index is 13.8. The zero-order valence-electron chi connectivity index (χ0n) is 22.4. The van der Waals surface area contributed by atoms with E-state index in [-0.39, 0.29) is 17.0 Å². The lowest BCUT2D eigenvalue weighted by atomic mass is 9.99. The number of carbonyl (C=O) groups excluding carboxylic acids is 1. The third-order valence-electron chi connectivity index (χ3n) is 7.93. The average molecular weight is 602 g/mol. The molecule has 7 nitrogen and oxygen atoms in total. The quantitative estimate of drug-likeness (QED) is 0.305. The first-order chi connectivity index (χ1) is 19.2. The highest BCUT2D eigenvalue weighted by atomic mass is 35.5. The molecule has 1 saturated carbocycles. The fourth-order valence-electron chi connectivity index (χ4n) is 5.86. The van der Waals surface area contributed by atoms with Crippen LogP contribution in [-0.4, -0.2) is 51.6 Å². The summed E-state index contributed by atoms with van der Waals surface area (Å²) in [6.45, 7) is 1.93. The SMILES string of the molecule is CNS(=O)(=O)c1cccc(-c2ccc(N(C(=O)Nc3cc(Cl)cc(Cl)c3)C3CCN(C4CCCC4)CC3)cc2)c1. The molecule has 212 valence electrons. The Morgan fingerprint density at radius 3 is 2.15 bits per heavy atom. The van der Waals surface area contributed by atoms with Gasteiger partial charge in [-0.15, -0.1) is 0 Å². The van der Waals surface area contributed by atoms with Crippen LogP contribution in [0, 0.1) is 0 Å². The van der Waals surface area contributed by atoms with E-state index in [0.717, 1.165) is 42.7 Å². The van der Waals surface area contributed by atoms with Gasteiger partial charge in [-0.05, 0) is 86.3 Å². The number of anilines is 2. The van der Waals surface area contributed by atoms with Gasteiger partial charge in [-0.25, -0.2) is 17.9 Å². The predicted molar refractivity (Wildman–Crippen MR) is 163 cm³/mol. The fourth-order valence-corrected chi connectivity index (χ4v) is 7.16. The van der Waals surface area contributed by atoms with Crippen LogP contribution in [0.2, 0.25) is 10.0 Å². The Balaban J connectivity index is 1.40. The number of sulfonamides is 1. The van der Waals surface area contributed by atoms with E-state index < -0.39 is 10.0 Å². The van der Waals surface area contributed by atoms with E-state index in [1.807, 2.05) is 35.2 Å². The van der Waals surface area contributed by atoms with Crippen molar-refractivity contribution in [3.05, 3.63) is 76.8 Å². The third-order valence-corrected chi connectivity index (χ3v) is 9.78. The van der Waals surface area contributed by atoms with Gasteiger partial charge < -0.3 is 10.2 Å². The number of nitrogens with one attached hydrogen (secondary N) is 2. The molecule has 2 N–H and O–H groups in total. The van der Waals surface area contributed by atoms with Crippen LogP contribution in [0.3, 0.4) is 0 Å². The maximum atomic E-state index is 13.8. The third kappa shape index (κ3) is 6.64. The van der Waals surface area contributed by atoms with Gasteiger partial charge in [0.05, 0.1) is 4.90 Å². The number of hydrogen-bond donors (Lipinski definition) is 2. The number of hydrogen-bond acceptors (Lipinski definition) is 4. The Bertz CT molecular complexity index is 1430. The van der Waals surface area contributed by atoms with Gasteiger partial charge in [0.15, 0.2) is 0 Å². The molecule has 0 spiro atoms. The number of urea groups is 1. The Kier molecular flexibility index (Phi) is 9.02. The minimum absolute atomic E-state index is 0.0299. The summed E-state index contributed by atoms with van der Waals surface area (Å²) >= 11 is 12.4. The molecule has 0 atom stereocenters. The van der Waals surface area contributed by atoms with Crippen LogP contribution in [0.15, 0.2) is 71.6 Å². The molecular weight excluding hydrogens is 567 g/mol.